The Hall–Kier alpha value is -2.55. The Morgan fingerprint density at radius 1 is 1.12 bits per heavy atom. The minimum Gasteiger partial charge on any atom is -0.497 e. The maximum atomic E-state index is 12.8. The van der Waals surface area contributed by atoms with Crippen LogP contribution in [0.4, 0.5) is 13.2 Å². The summed E-state index contributed by atoms with van der Waals surface area (Å²) in [7, 11) is 1.57. The van der Waals surface area contributed by atoms with Gasteiger partial charge in [0.2, 0.25) is 5.16 Å². The fourth-order valence-corrected chi connectivity index (χ4v) is 2.97. The normalized spacial score (nSPS) is 11.5. The lowest BCUT2D eigenvalue weighted by Crippen LogP contribution is -2.05. The van der Waals surface area contributed by atoms with E-state index in [1.165, 1.54) is 22.5 Å². The van der Waals surface area contributed by atoms with Gasteiger partial charge in [-0.25, -0.2) is 0 Å². The van der Waals surface area contributed by atoms with Crippen molar-refractivity contribution >= 4 is 11.8 Å². The lowest BCUT2D eigenvalue weighted by Gasteiger charge is -2.09. The molecule has 0 fully saturated rings. The van der Waals surface area contributed by atoms with Gasteiger partial charge in [0, 0.05) is 5.75 Å². The highest BCUT2D eigenvalue weighted by molar-refractivity contribution is 7.98. The summed E-state index contributed by atoms with van der Waals surface area (Å²) in [5, 5.41) is 12.0. The molecule has 0 N–H and O–H groups in total. The highest BCUT2D eigenvalue weighted by atomic mass is 32.2. The summed E-state index contributed by atoms with van der Waals surface area (Å²) >= 11 is 1.26. The van der Waals surface area contributed by atoms with Gasteiger partial charge in [-0.05, 0) is 46.3 Å². The second-order valence-corrected chi connectivity index (χ2v) is 6.00. The van der Waals surface area contributed by atoms with Crippen LogP contribution in [0.25, 0.3) is 5.69 Å². The van der Waals surface area contributed by atoms with Crippen LogP contribution < -0.4 is 4.74 Å². The van der Waals surface area contributed by atoms with Crippen molar-refractivity contribution in [2.24, 2.45) is 0 Å². The van der Waals surface area contributed by atoms with Crippen LogP contribution in [-0.2, 0) is 11.9 Å². The molecule has 0 aliphatic heterocycles. The molecule has 0 spiro atoms. The zero-order valence-electron chi connectivity index (χ0n) is 13.1. The van der Waals surface area contributed by atoms with E-state index < -0.39 is 11.7 Å². The van der Waals surface area contributed by atoms with Crippen molar-refractivity contribution in [1.82, 2.24) is 20.2 Å². The first-order chi connectivity index (χ1) is 12.0. The Bertz CT molecular complexity index is 849. The van der Waals surface area contributed by atoms with Crippen LogP contribution in [0.5, 0.6) is 5.75 Å². The summed E-state index contributed by atoms with van der Waals surface area (Å²) in [4.78, 5) is 0. The van der Waals surface area contributed by atoms with E-state index >= 15 is 0 Å². The third-order valence-corrected chi connectivity index (χ3v) is 4.37. The molecule has 0 atom stereocenters. The fraction of sp³-hybridized carbons (Fsp3) is 0.188. The van der Waals surface area contributed by atoms with E-state index in [0.717, 1.165) is 17.8 Å². The molecule has 3 aromatic rings. The quantitative estimate of drug-likeness (QED) is 0.639. The van der Waals surface area contributed by atoms with E-state index in [1.54, 1.807) is 37.4 Å². The van der Waals surface area contributed by atoms with Gasteiger partial charge in [0.1, 0.15) is 5.75 Å². The van der Waals surface area contributed by atoms with Gasteiger partial charge in [0.25, 0.3) is 0 Å². The SMILES string of the molecule is COc1ccc(-n2nnnc2SCc2cccc(C(F)(F)F)c2)cc1. The highest BCUT2D eigenvalue weighted by Crippen LogP contribution is 2.31. The average molecular weight is 366 g/mol. The number of methoxy groups -OCH3 is 1. The number of alkyl halides is 3. The second kappa shape index (κ2) is 7.14. The number of halogens is 3. The van der Waals surface area contributed by atoms with Crippen LogP contribution in [0.2, 0.25) is 0 Å². The first-order valence-corrected chi connectivity index (χ1v) is 8.17. The molecule has 0 saturated heterocycles. The third-order valence-electron chi connectivity index (χ3n) is 3.38. The summed E-state index contributed by atoms with van der Waals surface area (Å²) < 4.78 is 45.0. The fourth-order valence-electron chi connectivity index (χ4n) is 2.14. The van der Waals surface area contributed by atoms with E-state index in [4.69, 9.17) is 4.74 Å². The molecule has 0 saturated carbocycles. The lowest BCUT2D eigenvalue weighted by molar-refractivity contribution is -0.137. The maximum Gasteiger partial charge on any atom is 0.416 e. The number of hydrogen-bond acceptors (Lipinski definition) is 5. The van der Waals surface area contributed by atoms with Gasteiger partial charge in [-0.15, -0.1) is 5.10 Å². The molecule has 1 aromatic heterocycles. The minimum absolute atomic E-state index is 0.320. The molecule has 25 heavy (non-hydrogen) atoms. The number of rotatable bonds is 5. The molecule has 0 unspecified atom stereocenters. The van der Waals surface area contributed by atoms with Gasteiger partial charge in [0.05, 0.1) is 18.4 Å². The van der Waals surface area contributed by atoms with Crippen LogP contribution in [0.3, 0.4) is 0 Å². The third kappa shape index (κ3) is 4.11. The number of nitrogens with zero attached hydrogens (tertiary/aromatic N) is 4. The number of ether oxygens (including phenoxy) is 1. The van der Waals surface area contributed by atoms with E-state index in [9.17, 15) is 13.2 Å². The molecule has 0 aliphatic rings. The smallest absolute Gasteiger partial charge is 0.416 e. The van der Waals surface area contributed by atoms with Gasteiger partial charge in [-0.3, -0.25) is 0 Å². The van der Waals surface area contributed by atoms with Crippen molar-refractivity contribution in [1.29, 1.82) is 0 Å². The van der Waals surface area contributed by atoms with Gasteiger partial charge < -0.3 is 4.74 Å². The topological polar surface area (TPSA) is 52.8 Å². The summed E-state index contributed by atoms with van der Waals surface area (Å²) in [5.41, 5.74) is 0.613. The Kier molecular flexibility index (Phi) is 4.93. The van der Waals surface area contributed by atoms with E-state index in [1.807, 2.05) is 0 Å². The largest absolute Gasteiger partial charge is 0.497 e. The molecule has 130 valence electrons. The van der Waals surface area contributed by atoms with Crippen molar-refractivity contribution in [2.75, 3.05) is 7.11 Å². The molecule has 0 radical (unpaired) electrons. The summed E-state index contributed by atoms with van der Waals surface area (Å²) in [6.07, 6.45) is -4.36. The molecule has 9 heteroatoms. The number of tetrazole rings is 1. The molecular formula is C16H13F3N4OS. The van der Waals surface area contributed by atoms with Gasteiger partial charge in [0.15, 0.2) is 0 Å². The van der Waals surface area contributed by atoms with Crippen LogP contribution in [0.15, 0.2) is 53.7 Å². The molecule has 1 heterocycles. The monoisotopic (exact) mass is 366 g/mol. The van der Waals surface area contributed by atoms with Crippen molar-refractivity contribution in [2.45, 2.75) is 17.1 Å². The Morgan fingerprint density at radius 2 is 1.88 bits per heavy atom. The van der Waals surface area contributed by atoms with E-state index in [-0.39, 0.29) is 0 Å². The first-order valence-electron chi connectivity index (χ1n) is 7.19. The second-order valence-electron chi connectivity index (χ2n) is 5.06. The van der Waals surface area contributed by atoms with Crippen molar-refractivity contribution in [3.63, 3.8) is 0 Å². The molecule has 0 amide bonds. The summed E-state index contributed by atoms with van der Waals surface area (Å²) in [6.45, 7) is 0. The van der Waals surface area contributed by atoms with Crippen molar-refractivity contribution < 1.29 is 17.9 Å². The van der Waals surface area contributed by atoms with Gasteiger partial charge in [-0.2, -0.15) is 17.9 Å². The molecule has 0 aliphatic carbocycles. The number of benzene rings is 2. The number of hydrogen-bond donors (Lipinski definition) is 0. The molecular weight excluding hydrogens is 353 g/mol. The lowest BCUT2D eigenvalue weighted by atomic mass is 10.1. The summed E-state index contributed by atoms with van der Waals surface area (Å²) in [5.74, 6) is 1.02. The van der Waals surface area contributed by atoms with Crippen LogP contribution in [0, 0.1) is 0 Å². The molecule has 3 rings (SSSR count). The zero-order valence-corrected chi connectivity index (χ0v) is 13.9. The standard InChI is InChI=1S/C16H13F3N4OS/c1-24-14-7-5-13(6-8-14)23-15(20-21-22-23)25-10-11-3-2-4-12(9-11)16(17,18)19/h2-9H,10H2,1H3. The Morgan fingerprint density at radius 3 is 2.56 bits per heavy atom. The summed E-state index contributed by atoms with van der Waals surface area (Å²) in [6, 6.07) is 12.4. The number of aromatic nitrogens is 4. The average Bonchev–Trinajstić information content (AvgIpc) is 3.08. The van der Waals surface area contributed by atoms with Crippen LogP contribution in [-0.4, -0.2) is 27.3 Å². The van der Waals surface area contributed by atoms with Crippen molar-refractivity contribution in [3.05, 3.63) is 59.7 Å². The Balaban J connectivity index is 1.76. The van der Waals surface area contributed by atoms with Crippen LogP contribution in [0.1, 0.15) is 11.1 Å². The van der Waals surface area contributed by atoms with Gasteiger partial charge in [-0.1, -0.05) is 30.0 Å². The van der Waals surface area contributed by atoms with Crippen molar-refractivity contribution in [3.8, 4) is 11.4 Å². The zero-order chi connectivity index (χ0) is 17.9. The first kappa shape index (κ1) is 17.3. The highest BCUT2D eigenvalue weighted by Gasteiger charge is 2.30. The van der Waals surface area contributed by atoms with Gasteiger partial charge >= 0.3 is 6.18 Å². The maximum absolute atomic E-state index is 12.8. The predicted molar refractivity (Wildman–Crippen MR) is 86.7 cm³/mol. The molecule has 5 nitrogen and oxygen atoms in total. The number of thioether (sulfide) groups is 1. The van der Waals surface area contributed by atoms with Crippen LogP contribution >= 0.6 is 11.8 Å². The van der Waals surface area contributed by atoms with E-state index in [0.29, 0.717) is 22.2 Å². The Labute approximate surface area is 145 Å². The predicted octanol–water partition coefficient (Wildman–Crippen LogP) is 3.98. The molecule has 2 aromatic carbocycles. The molecule has 0 bridgehead atoms. The minimum atomic E-state index is -4.36. The van der Waals surface area contributed by atoms with E-state index in [2.05, 4.69) is 15.5 Å².